The highest BCUT2D eigenvalue weighted by molar-refractivity contribution is 5.96. The molecule has 0 aromatic heterocycles. The van der Waals surface area contributed by atoms with Crippen molar-refractivity contribution in [2.24, 2.45) is 0 Å². The quantitative estimate of drug-likeness (QED) is 0.814. The van der Waals surface area contributed by atoms with E-state index in [4.69, 9.17) is 5.11 Å². The Balaban J connectivity index is 2.33. The lowest BCUT2D eigenvalue weighted by molar-refractivity contribution is -0.117. The van der Waals surface area contributed by atoms with Crippen molar-refractivity contribution in [3.8, 4) is 0 Å². The Kier molecular flexibility index (Phi) is 3.46. The molecule has 0 radical (unpaired) electrons. The van der Waals surface area contributed by atoms with E-state index in [0.29, 0.717) is 13.0 Å². The normalized spacial score (nSPS) is 15.6. The highest BCUT2D eigenvalue weighted by atomic mass is 16.4. The molecule has 0 bridgehead atoms. The first-order chi connectivity index (χ1) is 8.59. The molecule has 0 saturated carbocycles. The number of aryl methyl sites for hydroxylation is 1. The smallest absolute Gasteiger partial charge is 0.335 e. The number of rotatable bonds is 2. The van der Waals surface area contributed by atoms with Crippen molar-refractivity contribution < 1.29 is 14.7 Å². The Labute approximate surface area is 106 Å². The van der Waals surface area contributed by atoms with Crippen LogP contribution in [0.25, 0.3) is 0 Å². The molecule has 1 amide bonds. The van der Waals surface area contributed by atoms with E-state index in [9.17, 15) is 9.59 Å². The minimum atomic E-state index is -0.950. The number of carbonyl (C=O) groups excluding carboxylic acids is 1. The van der Waals surface area contributed by atoms with E-state index in [2.05, 4.69) is 0 Å². The van der Waals surface area contributed by atoms with Crippen LogP contribution < -0.4 is 4.90 Å². The van der Waals surface area contributed by atoms with Gasteiger partial charge < -0.3 is 10.0 Å². The van der Waals surface area contributed by atoms with Crippen molar-refractivity contribution >= 4 is 17.6 Å². The lowest BCUT2D eigenvalue weighted by Crippen LogP contribution is -2.30. The molecule has 0 saturated heterocycles. The predicted molar refractivity (Wildman–Crippen MR) is 68.9 cm³/mol. The van der Waals surface area contributed by atoms with Gasteiger partial charge in [0.15, 0.2) is 0 Å². The Hall–Kier alpha value is -2.10. The lowest BCUT2D eigenvalue weighted by atomic mass is 10.1. The zero-order valence-electron chi connectivity index (χ0n) is 10.2. The summed E-state index contributed by atoms with van der Waals surface area (Å²) in [5, 5.41) is 8.92. The molecule has 94 valence electrons. The van der Waals surface area contributed by atoms with Crippen LogP contribution in [0.4, 0.5) is 5.69 Å². The van der Waals surface area contributed by atoms with Gasteiger partial charge >= 0.3 is 5.97 Å². The molecule has 0 fully saturated rings. The topological polar surface area (TPSA) is 57.6 Å². The summed E-state index contributed by atoms with van der Waals surface area (Å²) in [6.07, 6.45) is 5.11. The molecule has 0 unspecified atom stereocenters. The first kappa shape index (κ1) is 12.4. The molecule has 1 heterocycles. The second kappa shape index (κ2) is 5.04. The summed E-state index contributed by atoms with van der Waals surface area (Å²) in [5.41, 5.74) is 1.86. The number of nitrogens with zero attached hydrogens (tertiary/aromatic N) is 1. The molecular weight excluding hydrogens is 230 g/mol. The highest BCUT2D eigenvalue weighted by Crippen LogP contribution is 2.23. The summed E-state index contributed by atoms with van der Waals surface area (Å²) in [6, 6.07) is 4.85. The SMILES string of the molecule is Cc1cc(C(=O)O)ccc1N1CCC=CCC1=O. The van der Waals surface area contributed by atoms with Gasteiger partial charge in [0, 0.05) is 18.7 Å². The van der Waals surface area contributed by atoms with Gasteiger partial charge in [0.2, 0.25) is 5.91 Å². The second-order valence-electron chi connectivity index (χ2n) is 4.32. The fourth-order valence-electron chi connectivity index (χ4n) is 2.09. The largest absolute Gasteiger partial charge is 0.478 e. The number of hydrogen-bond acceptors (Lipinski definition) is 2. The van der Waals surface area contributed by atoms with E-state index in [0.717, 1.165) is 17.7 Å². The van der Waals surface area contributed by atoms with Crippen LogP contribution in [-0.4, -0.2) is 23.5 Å². The second-order valence-corrected chi connectivity index (χ2v) is 4.32. The Bertz CT molecular complexity index is 520. The fourth-order valence-corrected chi connectivity index (χ4v) is 2.09. The van der Waals surface area contributed by atoms with Gasteiger partial charge in [0.05, 0.1) is 5.56 Å². The summed E-state index contributed by atoms with van der Waals surface area (Å²) < 4.78 is 0. The molecular formula is C14H15NO3. The summed E-state index contributed by atoms with van der Waals surface area (Å²) in [5.74, 6) is -0.900. The number of carboxylic acid groups (broad SMARTS) is 1. The summed E-state index contributed by atoms with van der Waals surface area (Å²) in [6.45, 7) is 2.47. The minimum absolute atomic E-state index is 0.0509. The van der Waals surface area contributed by atoms with Crippen LogP contribution in [0.5, 0.6) is 0 Å². The molecule has 0 aliphatic carbocycles. The lowest BCUT2D eigenvalue weighted by Gasteiger charge is -2.22. The van der Waals surface area contributed by atoms with Crippen LogP contribution in [0.15, 0.2) is 30.4 Å². The van der Waals surface area contributed by atoms with E-state index < -0.39 is 5.97 Å². The van der Waals surface area contributed by atoms with Crippen molar-refractivity contribution in [2.75, 3.05) is 11.4 Å². The van der Waals surface area contributed by atoms with Crippen LogP contribution in [0.1, 0.15) is 28.8 Å². The third-order valence-corrected chi connectivity index (χ3v) is 3.01. The molecule has 1 aromatic carbocycles. The van der Waals surface area contributed by atoms with E-state index in [1.807, 2.05) is 19.1 Å². The van der Waals surface area contributed by atoms with Gasteiger partial charge in [-0.1, -0.05) is 12.2 Å². The number of carbonyl (C=O) groups is 2. The molecule has 18 heavy (non-hydrogen) atoms. The summed E-state index contributed by atoms with van der Waals surface area (Å²) >= 11 is 0. The number of aromatic carboxylic acids is 1. The molecule has 1 aliphatic rings. The van der Waals surface area contributed by atoms with Crippen LogP contribution in [0.2, 0.25) is 0 Å². The van der Waals surface area contributed by atoms with E-state index in [1.165, 1.54) is 6.07 Å². The van der Waals surface area contributed by atoms with E-state index in [-0.39, 0.29) is 11.5 Å². The molecule has 0 spiro atoms. The van der Waals surface area contributed by atoms with Crippen LogP contribution in [0.3, 0.4) is 0 Å². The van der Waals surface area contributed by atoms with Crippen molar-refractivity contribution in [3.63, 3.8) is 0 Å². The van der Waals surface area contributed by atoms with Gasteiger partial charge in [-0.05, 0) is 37.1 Å². The van der Waals surface area contributed by atoms with Gasteiger partial charge in [0.25, 0.3) is 0 Å². The average Bonchev–Trinajstić information content (AvgIpc) is 2.54. The van der Waals surface area contributed by atoms with Crippen molar-refractivity contribution in [1.29, 1.82) is 0 Å². The van der Waals surface area contributed by atoms with Gasteiger partial charge in [-0.15, -0.1) is 0 Å². The third kappa shape index (κ3) is 2.42. The number of anilines is 1. The first-order valence-corrected chi connectivity index (χ1v) is 5.89. The molecule has 4 nitrogen and oxygen atoms in total. The fraction of sp³-hybridized carbons (Fsp3) is 0.286. The molecule has 1 N–H and O–H groups in total. The maximum Gasteiger partial charge on any atom is 0.335 e. The molecule has 0 atom stereocenters. The van der Waals surface area contributed by atoms with Crippen LogP contribution in [0, 0.1) is 6.92 Å². The van der Waals surface area contributed by atoms with Gasteiger partial charge in [-0.3, -0.25) is 4.79 Å². The standard InChI is InChI=1S/C14H15NO3/c1-10-9-11(14(17)18)6-7-12(10)15-8-4-2-3-5-13(15)16/h2-3,6-7,9H,4-5,8H2,1H3,(H,17,18). The molecule has 1 aliphatic heterocycles. The maximum absolute atomic E-state index is 11.9. The van der Waals surface area contributed by atoms with Gasteiger partial charge in [-0.25, -0.2) is 4.79 Å². The summed E-state index contributed by atoms with van der Waals surface area (Å²) in [7, 11) is 0. The zero-order valence-corrected chi connectivity index (χ0v) is 10.2. The monoisotopic (exact) mass is 245 g/mol. The van der Waals surface area contributed by atoms with Crippen molar-refractivity contribution in [3.05, 3.63) is 41.5 Å². The van der Waals surface area contributed by atoms with Gasteiger partial charge in [0.1, 0.15) is 0 Å². The van der Waals surface area contributed by atoms with E-state index in [1.54, 1.807) is 17.0 Å². The summed E-state index contributed by atoms with van der Waals surface area (Å²) in [4.78, 5) is 24.5. The highest BCUT2D eigenvalue weighted by Gasteiger charge is 2.18. The average molecular weight is 245 g/mol. The molecule has 1 aromatic rings. The van der Waals surface area contributed by atoms with E-state index >= 15 is 0 Å². The Morgan fingerprint density at radius 3 is 2.78 bits per heavy atom. The number of hydrogen-bond donors (Lipinski definition) is 1. The first-order valence-electron chi connectivity index (χ1n) is 5.89. The predicted octanol–water partition coefficient (Wildman–Crippen LogP) is 2.38. The van der Waals surface area contributed by atoms with Crippen LogP contribution in [-0.2, 0) is 4.79 Å². The number of benzene rings is 1. The Morgan fingerprint density at radius 2 is 2.11 bits per heavy atom. The van der Waals surface area contributed by atoms with Crippen molar-refractivity contribution in [1.82, 2.24) is 0 Å². The number of amides is 1. The van der Waals surface area contributed by atoms with Crippen molar-refractivity contribution in [2.45, 2.75) is 19.8 Å². The number of carboxylic acids is 1. The third-order valence-electron chi connectivity index (χ3n) is 3.01. The molecule has 4 heteroatoms. The maximum atomic E-state index is 11.9. The molecule has 2 rings (SSSR count). The minimum Gasteiger partial charge on any atom is -0.478 e. The van der Waals surface area contributed by atoms with Crippen LogP contribution >= 0.6 is 0 Å². The zero-order chi connectivity index (χ0) is 13.1. The van der Waals surface area contributed by atoms with Gasteiger partial charge in [-0.2, -0.15) is 0 Å². The Morgan fingerprint density at radius 1 is 1.33 bits per heavy atom.